The van der Waals surface area contributed by atoms with E-state index in [1.54, 1.807) is 54.6 Å². The minimum atomic E-state index is -0.516. The lowest BCUT2D eigenvalue weighted by atomic mass is 10.1. The Morgan fingerprint density at radius 2 is 1.87 bits per heavy atom. The fourth-order valence-electron chi connectivity index (χ4n) is 2.83. The molecule has 0 aliphatic heterocycles. The number of carbonyl (C=O) groups excluding carboxylic acids is 1. The fourth-order valence-corrected chi connectivity index (χ4v) is 3.02. The topological polar surface area (TPSA) is 85.4 Å². The van der Waals surface area contributed by atoms with Gasteiger partial charge in [-0.3, -0.25) is 0 Å². The SMILES string of the molecule is C=c1[nH]oc(=O)c1=Cc1ccc(-c2ccc(C(=O)OCc3ccccc3Cl)cc2)o1. The molecule has 4 aromatic rings. The van der Waals surface area contributed by atoms with E-state index in [1.165, 1.54) is 0 Å². The van der Waals surface area contributed by atoms with E-state index in [1.807, 2.05) is 12.1 Å². The van der Waals surface area contributed by atoms with E-state index in [4.69, 9.17) is 20.8 Å². The van der Waals surface area contributed by atoms with Crippen molar-refractivity contribution in [3.63, 3.8) is 0 Å². The molecule has 0 saturated carbocycles. The Balaban J connectivity index is 1.48. The third-order valence-corrected chi connectivity index (χ3v) is 4.82. The summed E-state index contributed by atoms with van der Waals surface area (Å²) in [5.41, 5.74) is 1.41. The highest BCUT2D eigenvalue weighted by Gasteiger charge is 2.10. The number of H-pyrrole nitrogens is 1. The summed E-state index contributed by atoms with van der Waals surface area (Å²) in [5, 5.41) is 3.64. The van der Waals surface area contributed by atoms with E-state index in [2.05, 4.69) is 16.3 Å². The third-order valence-electron chi connectivity index (χ3n) is 4.45. The van der Waals surface area contributed by atoms with Crippen LogP contribution in [0.3, 0.4) is 0 Å². The number of rotatable bonds is 5. The molecule has 0 aliphatic rings. The predicted octanol–water partition coefficient (Wildman–Crippen LogP) is 3.48. The quantitative estimate of drug-likeness (QED) is 0.499. The summed E-state index contributed by atoms with van der Waals surface area (Å²) < 4.78 is 15.8. The molecular weight excluding hydrogens is 406 g/mol. The van der Waals surface area contributed by atoms with Gasteiger partial charge in [-0.25, -0.2) is 14.7 Å². The summed E-state index contributed by atoms with van der Waals surface area (Å²) >= 11 is 6.07. The zero-order valence-electron chi connectivity index (χ0n) is 15.7. The summed E-state index contributed by atoms with van der Waals surface area (Å²) in [6, 6.07) is 17.5. The maximum atomic E-state index is 12.3. The predicted molar refractivity (Wildman–Crippen MR) is 112 cm³/mol. The number of carbonyl (C=O) groups is 1. The van der Waals surface area contributed by atoms with E-state index < -0.39 is 11.6 Å². The zero-order valence-corrected chi connectivity index (χ0v) is 16.4. The molecule has 2 heterocycles. The molecule has 0 spiro atoms. The molecule has 0 amide bonds. The lowest BCUT2D eigenvalue weighted by Crippen LogP contribution is -2.31. The van der Waals surface area contributed by atoms with E-state index in [0.717, 1.165) is 11.1 Å². The second kappa shape index (κ2) is 8.31. The van der Waals surface area contributed by atoms with Crippen molar-refractivity contribution in [1.29, 1.82) is 0 Å². The van der Waals surface area contributed by atoms with Crippen LogP contribution in [0.2, 0.25) is 5.02 Å². The van der Waals surface area contributed by atoms with Gasteiger partial charge in [0.25, 0.3) is 0 Å². The molecule has 1 N–H and O–H groups in total. The fraction of sp³-hybridized carbons (Fsp3) is 0.0435. The molecule has 30 heavy (non-hydrogen) atoms. The molecule has 150 valence electrons. The summed E-state index contributed by atoms with van der Waals surface area (Å²) in [7, 11) is 0. The van der Waals surface area contributed by atoms with Crippen molar-refractivity contribution >= 4 is 30.2 Å². The van der Waals surface area contributed by atoms with Crippen LogP contribution in [0.1, 0.15) is 21.7 Å². The van der Waals surface area contributed by atoms with E-state index in [9.17, 15) is 9.59 Å². The van der Waals surface area contributed by atoms with Crippen molar-refractivity contribution < 1.29 is 18.5 Å². The number of aromatic amines is 1. The van der Waals surface area contributed by atoms with Crippen molar-refractivity contribution in [2.45, 2.75) is 6.61 Å². The van der Waals surface area contributed by atoms with Crippen LogP contribution in [-0.4, -0.2) is 11.1 Å². The van der Waals surface area contributed by atoms with Crippen molar-refractivity contribution in [2.75, 3.05) is 0 Å². The first kappa shape index (κ1) is 19.5. The maximum Gasteiger partial charge on any atom is 0.365 e. The van der Waals surface area contributed by atoms with Crippen LogP contribution in [0.15, 0.2) is 74.4 Å². The number of nitrogens with one attached hydrogen (secondary N) is 1. The molecule has 2 aromatic heterocycles. The van der Waals surface area contributed by atoms with Crippen LogP contribution in [0.4, 0.5) is 0 Å². The highest BCUT2D eigenvalue weighted by Crippen LogP contribution is 2.23. The van der Waals surface area contributed by atoms with Gasteiger partial charge in [-0.15, -0.1) is 0 Å². The molecule has 0 radical (unpaired) electrons. The average Bonchev–Trinajstić information content (AvgIpc) is 3.35. The molecule has 4 rings (SSSR count). The number of aromatic nitrogens is 1. The van der Waals surface area contributed by atoms with Gasteiger partial charge < -0.3 is 13.7 Å². The number of halogens is 1. The van der Waals surface area contributed by atoms with Gasteiger partial charge in [0.2, 0.25) is 0 Å². The average molecular weight is 422 g/mol. The number of hydrogen-bond donors (Lipinski definition) is 1. The number of furan rings is 1. The van der Waals surface area contributed by atoms with Gasteiger partial charge in [-0.1, -0.05) is 48.5 Å². The van der Waals surface area contributed by atoms with Crippen molar-refractivity contribution in [2.24, 2.45) is 0 Å². The van der Waals surface area contributed by atoms with E-state index in [-0.39, 0.29) is 6.61 Å². The second-order valence-electron chi connectivity index (χ2n) is 6.48. The lowest BCUT2D eigenvalue weighted by molar-refractivity contribution is 0.0473. The number of ether oxygens (including phenoxy) is 1. The van der Waals surface area contributed by atoms with Crippen LogP contribution < -0.4 is 16.2 Å². The number of hydrogen-bond acceptors (Lipinski definition) is 5. The highest BCUT2D eigenvalue weighted by atomic mass is 35.5. The Kier molecular flexibility index (Phi) is 5.41. The van der Waals surface area contributed by atoms with Gasteiger partial charge in [0.05, 0.1) is 16.1 Å². The van der Waals surface area contributed by atoms with Crippen molar-refractivity contribution in [1.82, 2.24) is 5.16 Å². The molecule has 6 nitrogen and oxygen atoms in total. The molecule has 0 unspecified atom stereocenters. The number of esters is 1. The van der Waals surface area contributed by atoms with E-state index >= 15 is 0 Å². The summed E-state index contributed by atoms with van der Waals surface area (Å²) in [6.45, 7) is 3.79. The normalized spacial score (nSPS) is 11.6. The Morgan fingerprint density at radius 1 is 1.10 bits per heavy atom. The van der Waals surface area contributed by atoms with Gasteiger partial charge in [-0.05, 0) is 36.4 Å². The van der Waals surface area contributed by atoms with Gasteiger partial charge in [0.1, 0.15) is 18.1 Å². The van der Waals surface area contributed by atoms with Crippen LogP contribution >= 0.6 is 11.6 Å². The van der Waals surface area contributed by atoms with Gasteiger partial charge in [0.15, 0.2) is 0 Å². The molecule has 0 bridgehead atoms. The van der Waals surface area contributed by atoms with Gasteiger partial charge >= 0.3 is 11.6 Å². The third kappa shape index (κ3) is 4.14. The largest absolute Gasteiger partial charge is 0.457 e. The van der Waals surface area contributed by atoms with Crippen LogP contribution in [0, 0.1) is 0 Å². The van der Waals surface area contributed by atoms with Crippen molar-refractivity contribution in [3.05, 3.63) is 104 Å². The Hall–Kier alpha value is -3.77. The van der Waals surface area contributed by atoms with Crippen LogP contribution in [0.25, 0.3) is 24.0 Å². The Bertz CT molecular complexity index is 1330. The van der Waals surface area contributed by atoms with Crippen LogP contribution in [-0.2, 0) is 11.3 Å². The summed E-state index contributed by atoms with van der Waals surface area (Å²) in [6.07, 6.45) is 1.55. The minimum Gasteiger partial charge on any atom is -0.457 e. The molecule has 0 aliphatic carbocycles. The first-order valence-electron chi connectivity index (χ1n) is 9.00. The lowest BCUT2D eigenvalue weighted by Gasteiger charge is -2.07. The van der Waals surface area contributed by atoms with Gasteiger partial charge in [-0.2, -0.15) is 0 Å². The van der Waals surface area contributed by atoms with Crippen LogP contribution in [0.5, 0.6) is 0 Å². The standard InChI is InChI=1S/C23H16ClNO5/c1-14-19(23(27)30-25-14)12-18-10-11-21(29-18)15-6-8-16(9-7-15)22(26)28-13-17-4-2-3-5-20(17)24/h2-12,25H,1,13H2. The first-order valence-corrected chi connectivity index (χ1v) is 9.38. The molecule has 0 saturated heterocycles. The summed E-state index contributed by atoms with van der Waals surface area (Å²) in [4.78, 5) is 23.9. The van der Waals surface area contributed by atoms with Crippen molar-refractivity contribution in [3.8, 4) is 11.3 Å². The second-order valence-corrected chi connectivity index (χ2v) is 6.88. The Labute approximate surface area is 175 Å². The molecule has 7 heteroatoms. The van der Waals surface area contributed by atoms with Gasteiger partial charge in [0, 0.05) is 16.1 Å². The molecule has 0 fully saturated rings. The minimum absolute atomic E-state index is 0.0963. The summed E-state index contributed by atoms with van der Waals surface area (Å²) in [5.74, 6) is 0.616. The Morgan fingerprint density at radius 3 is 2.57 bits per heavy atom. The monoisotopic (exact) mass is 421 g/mol. The number of benzene rings is 2. The molecule has 0 atom stereocenters. The maximum absolute atomic E-state index is 12.3. The molecular formula is C23H16ClNO5. The molecule has 2 aromatic carbocycles. The highest BCUT2D eigenvalue weighted by molar-refractivity contribution is 6.31. The zero-order chi connectivity index (χ0) is 21.1. The van der Waals surface area contributed by atoms with E-state index in [0.29, 0.717) is 32.7 Å². The first-order chi connectivity index (χ1) is 14.5. The smallest absolute Gasteiger partial charge is 0.365 e.